The second-order valence-corrected chi connectivity index (χ2v) is 10.4. The maximum atomic E-state index is 14.0. The number of nitrogens with zero attached hydrogens (tertiary/aromatic N) is 2. The molecule has 2 aromatic heterocycles. The van der Waals surface area contributed by atoms with Gasteiger partial charge in [0, 0.05) is 27.8 Å². The van der Waals surface area contributed by atoms with Crippen LogP contribution in [-0.2, 0) is 4.79 Å². The van der Waals surface area contributed by atoms with Gasteiger partial charge in [0.25, 0.3) is 11.5 Å². The Morgan fingerprint density at radius 3 is 2.62 bits per heavy atom. The Labute approximate surface area is 228 Å². The molecule has 6 rings (SSSR count). The number of rotatable bonds is 5. The maximum absolute atomic E-state index is 14.0. The first-order chi connectivity index (χ1) is 18.9. The molecule has 0 radical (unpaired) electrons. The lowest BCUT2D eigenvalue weighted by Gasteiger charge is -2.25. The van der Waals surface area contributed by atoms with E-state index in [9.17, 15) is 9.59 Å². The number of anilines is 1. The number of benzene rings is 3. The molecular weight excluding hydrogens is 508 g/mol. The SMILES string of the molecule is COc1cccc([C@H]2C(C(=O)Nc3ccccc3)=C(C)N=c3s/c(=C\c4c(C)[nH]c5ccccc45)c(=O)n32)c1. The van der Waals surface area contributed by atoms with E-state index in [1.54, 1.807) is 11.7 Å². The summed E-state index contributed by atoms with van der Waals surface area (Å²) in [5.74, 6) is 0.332. The number of fused-ring (bicyclic) bond motifs is 2. The first-order valence-corrected chi connectivity index (χ1v) is 13.4. The minimum Gasteiger partial charge on any atom is -0.497 e. The summed E-state index contributed by atoms with van der Waals surface area (Å²) in [6.07, 6.45) is 1.92. The number of aromatic amines is 1. The van der Waals surface area contributed by atoms with Crippen LogP contribution in [0.3, 0.4) is 0 Å². The number of hydrogen-bond acceptors (Lipinski definition) is 5. The number of carbonyl (C=O) groups excluding carboxylic acids is 1. The van der Waals surface area contributed by atoms with Crippen molar-refractivity contribution in [3.05, 3.63) is 127 Å². The van der Waals surface area contributed by atoms with Gasteiger partial charge >= 0.3 is 0 Å². The normalized spacial score (nSPS) is 15.3. The highest BCUT2D eigenvalue weighted by Gasteiger charge is 2.32. The molecule has 194 valence electrons. The van der Waals surface area contributed by atoms with Gasteiger partial charge in [-0.15, -0.1) is 0 Å². The molecule has 1 aliphatic rings. The van der Waals surface area contributed by atoms with E-state index < -0.39 is 6.04 Å². The predicted molar refractivity (Wildman–Crippen MR) is 155 cm³/mol. The van der Waals surface area contributed by atoms with Crippen LogP contribution in [-0.4, -0.2) is 22.6 Å². The van der Waals surface area contributed by atoms with Crippen molar-refractivity contribution >= 4 is 39.9 Å². The zero-order chi connectivity index (χ0) is 27.1. The number of allylic oxidation sites excluding steroid dienone is 1. The molecule has 7 nitrogen and oxygen atoms in total. The summed E-state index contributed by atoms with van der Waals surface area (Å²) in [5, 5.41) is 4.03. The van der Waals surface area contributed by atoms with Crippen molar-refractivity contribution in [3.63, 3.8) is 0 Å². The van der Waals surface area contributed by atoms with Gasteiger partial charge < -0.3 is 15.0 Å². The van der Waals surface area contributed by atoms with Crippen molar-refractivity contribution in [2.75, 3.05) is 12.4 Å². The number of nitrogens with one attached hydrogen (secondary N) is 2. The average molecular weight is 535 g/mol. The molecule has 1 atom stereocenters. The molecule has 0 unspecified atom stereocenters. The van der Waals surface area contributed by atoms with E-state index in [2.05, 4.69) is 10.3 Å². The van der Waals surface area contributed by atoms with E-state index in [1.165, 1.54) is 11.3 Å². The topological polar surface area (TPSA) is 88.5 Å². The number of carbonyl (C=O) groups is 1. The molecule has 3 heterocycles. The third-order valence-electron chi connectivity index (χ3n) is 6.93. The molecular formula is C31H26N4O3S. The molecule has 3 aromatic carbocycles. The van der Waals surface area contributed by atoms with Crippen LogP contribution in [0.4, 0.5) is 5.69 Å². The molecule has 1 aliphatic heterocycles. The average Bonchev–Trinajstić information content (AvgIpc) is 3.43. The summed E-state index contributed by atoms with van der Waals surface area (Å²) in [6.45, 7) is 3.81. The van der Waals surface area contributed by atoms with Gasteiger partial charge in [0.15, 0.2) is 4.80 Å². The molecule has 2 N–H and O–H groups in total. The first kappa shape index (κ1) is 24.6. The van der Waals surface area contributed by atoms with Gasteiger partial charge in [-0.25, -0.2) is 4.99 Å². The van der Waals surface area contributed by atoms with Gasteiger partial charge in [-0.1, -0.05) is 59.9 Å². The molecule has 0 saturated heterocycles. The van der Waals surface area contributed by atoms with E-state index in [-0.39, 0.29) is 11.5 Å². The minimum atomic E-state index is -0.675. The van der Waals surface area contributed by atoms with Crippen LogP contribution in [0, 0.1) is 6.92 Å². The molecule has 0 aliphatic carbocycles. The zero-order valence-electron chi connectivity index (χ0n) is 21.7. The summed E-state index contributed by atoms with van der Waals surface area (Å²) >= 11 is 1.32. The lowest BCUT2D eigenvalue weighted by molar-refractivity contribution is -0.113. The van der Waals surface area contributed by atoms with Gasteiger partial charge in [-0.2, -0.15) is 0 Å². The summed E-state index contributed by atoms with van der Waals surface area (Å²) in [4.78, 5) is 36.4. The van der Waals surface area contributed by atoms with Gasteiger partial charge in [-0.05, 0) is 55.8 Å². The molecule has 8 heteroatoms. The highest BCUT2D eigenvalue weighted by molar-refractivity contribution is 7.07. The standard InChI is InChI=1S/C31H26N4O3S/c1-18-24(23-14-7-8-15-25(23)32-18)17-26-30(37)35-28(20-10-9-13-22(16-20)38-3)27(19(2)33-31(35)39-26)29(36)34-21-11-5-4-6-12-21/h4-17,28,32H,1-3H3,(H,34,36)/b26-17-/t28-/m0/s1. The summed E-state index contributed by atoms with van der Waals surface area (Å²) in [6, 6.07) is 24.1. The van der Waals surface area contributed by atoms with Gasteiger partial charge in [0.05, 0.1) is 29.0 Å². The first-order valence-electron chi connectivity index (χ1n) is 12.5. The van der Waals surface area contributed by atoms with Crippen molar-refractivity contribution in [1.82, 2.24) is 9.55 Å². The fourth-order valence-electron chi connectivity index (χ4n) is 5.07. The van der Waals surface area contributed by atoms with Crippen LogP contribution >= 0.6 is 11.3 Å². The van der Waals surface area contributed by atoms with Crippen molar-refractivity contribution in [3.8, 4) is 5.75 Å². The molecule has 5 aromatic rings. The van der Waals surface area contributed by atoms with Crippen LogP contribution in [0.2, 0.25) is 0 Å². The number of ether oxygens (including phenoxy) is 1. The third-order valence-corrected chi connectivity index (χ3v) is 7.91. The lowest BCUT2D eigenvalue weighted by Crippen LogP contribution is -2.40. The molecule has 1 amide bonds. The third kappa shape index (κ3) is 4.38. The largest absolute Gasteiger partial charge is 0.497 e. The molecule has 0 saturated carbocycles. The molecule has 0 fully saturated rings. The summed E-state index contributed by atoms with van der Waals surface area (Å²) < 4.78 is 7.65. The Morgan fingerprint density at radius 2 is 1.82 bits per heavy atom. The van der Waals surface area contributed by atoms with Crippen molar-refractivity contribution in [2.45, 2.75) is 19.9 Å². The number of aromatic nitrogens is 2. The van der Waals surface area contributed by atoms with E-state index >= 15 is 0 Å². The predicted octanol–water partition coefficient (Wildman–Crippen LogP) is 4.67. The summed E-state index contributed by atoms with van der Waals surface area (Å²) in [7, 11) is 1.60. The van der Waals surface area contributed by atoms with Crippen molar-refractivity contribution in [1.29, 1.82) is 0 Å². The van der Waals surface area contributed by atoms with E-state index in [1.807, 2.05) is 98.8 Å². The zero-order valence-corrected chi connectivity index (χ0v) is 22.5. The van der Waals surface area contributed by atoms with E-state index in [0.29, 0.717) is 32.0 Å². The van der Waals surface area contributed by atoms with Crippen LogP contribution in [0.5, 0.6) is 5.75 Å². The quantitative estimate of drug-likeness (QED) is 0.343. The Hall–Kier alpha value is -4.69. The number of amides is 1. The molecule has 0 bridgehead atoms. The molecule has 0 spiro atoms. The van der Waals surface area contributed by atoms with Crippen molar-refractivity contribution in [2.24, 2.45) is 4.99 Å². The van der Waals surface area contributed by atoms with Gasteiger partial charge in [0.1, 0.15) is 5.75 Å². The Morgan fingerprint density at radius 1 is 1.05 bits per heavy atom. The number of para-hydroxylation sites is 2. The van der Waals surface area contributed by atoms with Gasteiger partial charge in [-0.3, -0.25) is 14.2 Å². The monoisotopic (exact) mass is 534 g/mol. The minimum absolute atomic E-state index is 0.200. The van der Waals surface area contributed by atoms with Crippen LogP contribution in [0.25, 0.3) is 17.0 Å². The Kier molecular flexibility index (Phi) is 6.24. The van der Waals surface area contributed by atoms with Crippen LogP contribution in [0.1, 0.15) is 29.8 Å². The number of aryl methyl sites for hydroxylation is 1. The van der Waals surface area contributed by atoms with E-state index in [4.69, 9.17) is 9.73 Å². The van der Waals surface area contributed by atoms with Crippen molar-refractivity contribution < 1.29 is 9.53 Å². The van der Waals surface area contributed by atoms with Crippen LogP contribution in [0.15, 0.2) is 99.9 Å². The van der Waals surface area contributed by atoms with Crippen LogP contribution < -0.4 is 24.9 Å². The highest BCUT2D eigenvalue weighted by atomic mass is 32.1. The fraction of sp³-hybridized carbons (Fsp3) is 0.129. The molecule has 39 heavy (non-hydrogen) atoms. The second kappa shape index (κ2) is 9.89. The summed E-state index contributed by atoms with van der Waals surface area (Å²) in [5.41, 5.74) is 5.16. The fourth-order valence-corrected chi connectivity index (χ4v) is 6.10. The number of methoxy groups -OCH3 is 1. The smallest absolute Gasteiger partial charge is 0.271 e. The number of H-pyrrole nitrogens is 1. The maximum Gasteiger partial charge on any atom is 0.271 e. The second-order valence-electron chi connectivity index (χ2n) is 9.39. The van der Waals surface area contributed by atoms with Gasteiger partial charge in [0.2, 0.25) is 0 Å². The highest BCUT2D eigenvalue weighted by Crippen LogP contribution is 2.32. The lowest BCUT2D eigenvalue weighted by atomic mass is 9.95. The Balaban J connectivity index is 1.55. The number of thiazole rings is 1. The van der Waals surface area contributed by atoms with E-state index in [0.717, 1.165) is 27.7 Å². The number of hydrogen-bond donors (Lipinski definition) is 2. The Bertz CT molecular complexity index is 1950.